The molecular formula is C27H32N4O2S2. The van der Waals surface area contributed by atoms with E-state index < -0.39 is 0 Å². The van der Waals surface area contributed by atoms with Crippen LogP contribution >= 0.6 is 23.5 Å². The van der Waals surface area contributed by atoms with Crippen LogP contribution in [0.4, 0.5) is 11.4 Å². The van der Waals surface area contributed by atoms with Crippen LogP contribution in [0.1, 0.15) is 26.7 Å². The van der Waals surface area contributed by atoms with Crippen LogP contribution in [-0.4, -0.2) is 43.4 Å². The van der Waals surface area contributed by atoms with Gasteiger partial charge in [-0.1, -0.05) is 49.5 Å². The first-order chi connectivity index (χ1) is 17.1. The van der Waals surface area contributed by atoms with Crippen molar-refractivity contribution >= 4 is 34.9 Å². The van der Waals surface area contributed by atoms with Crippen LogP contribution in [0.25, 0.3) is 11.3 Å². The van der Waals surface area contributed by atoms with Crippen molar-refractivity contribution < 1.29 is 4.74 Å². The first-order valence-electron chi connectivity index (χ1n) is 12.3. The van der Waals surface area contributed by atoms with Crippen molar-refractivity contribution in [1.29, 1.82) is 0 Å². The van der Waals surface area contributed by atoms with Gasteiger partial charge < -0.3 is 25.7 Å². The number of rotatable bonds is 7. The Bertz CT molecular complexity index is 1260. The fourth-order valence-electron chi connectivity index (χ4n) is 4.59. The molecule has 0 amide bonds. The van der Waals surface area contributed by atoms with Gasteiger partial charge in [0, 0.05) is 67.8 Å². The van der Waals surface area contributed by atoms with Gasteiger partial charge in [-0.05, 0) is 43.2 Å². The van der Waals surface area contributed by atoms with Gasteiger partial charge in [-0.3, -0.25) is 4.79 Å². The molecule has 184 valence electrons. The van der Waals surface area contributed by atoms with E-state index in [1.165, 1.54) is 19.6 Å². The number of ether oxygens (including phenoxy) is 1. The Morgan fingerprint density at radius 2 is 1.86 bits per heavy atom. The highest BCUT2D eigenvalue weighted by Gasteiger charge is 2.23. The Kier molecular flexibility index (Phi) is 7.43. The summed E-state index contributed by atoms with van der Waals surface area (Å²) in [5.41, 5.74) is 10.2. The summed E-state index contributed by atoms with van der Waals surface area (Å²) in [7, 11) is 0. The Hall–Kier alpha value is -2.39. The highest BCUT2D eigenvalue weighted by atomic mass is 32.2. The normalized spacial score (nSPS) is 16.8. The number of benzene rings is 2. The van der Waals surface area contributed by atoms with E-state index >= 15 is 0 Å². The number of morpholine rings is 1. The lowest BCUT2D eigenvalue weighted by molar-refractivity contribution is 0.122. The number of hydrogen-bond donors (Lipinski definition) is 3. The molecule has 8 heteroatoms. The lowest BCUT2D eigenvalue weighted by Gasteiger charge is -2.29. The van der Waals surface area contributed by atoms with Gasteiger partial charge in [0.2, 0.25) is 5.56 Å². The van der Waals surface area contributed by atoms with Crippen LogP contribution < -0.4 is 21.5 Å². The third kappa shape index (κ3) is 5.26. The lowest BCUT2D eigenvalue weighted by atomic mass is 10.0. The fourth-order valence-corrected chi connectivity index (χ4v) is 7.01. The number of pyridine rings is 1. The third-order valence-corrected chi connectivity index (χ3v) is 9.23. The van der Waals surface area contributed by atoms with Crippen LogP contribution in [0.15, 0.2) is 72.9 Å². The average molecular weight is 509 g/mol. The minimum atomic E-state index is -0.0815. The molecule has 0 bridgehead atoms. The van der Waals surface area contributed by atoms with Crippen molar-refractivity contribution in [2.75, 3.05) is 36.5 Å². The average Bonchev–Trinajstić information content (AvgIpc) is 2.89. The molecule has 1 unspecified atom stereocenters. The van der Waals surface area contributed by atoms with E-state index in [9.17, 15) is 4.79 Å². The molecule has 6 nitrogen and oxygen atoms in total. The van der Waals surface area contributed by atoms with Crippen molar-refractivity contribution in [2.24, 2.45) is 5.73 Å². The first-order valence-corrected chi connectivity index (χ1v) is 13.9. The number of hydrogen-bond acceptors (Lipinski definition) is 7. The topological polar surface area (TPSA) is 83.4 Å². The molecule has 35 heavy (non-hydrogen) atoms. The summed E-state index contributed by atoms with van der Waals surface area (Å²) in [5, 5.41) is 3.63. The minimum absolute atomic E-state index is 0.0815. The molecule has 5 rings (SSSR count). The summed E-state index contributed by atoms with van der Waals surface area (Å²) in [4.78, 5) is 22.7. The van der Waals surface area contributed by atoms with Crippen LogP contribution in [0.3, 0.4) is 0 Å². The van der Waals surface area contributed by atoms with Crippen molar-refractivity contribution in [3.05, 3.63) is 58.9 Å². The molecule has 1 saturated heterocycles. The van der Waals surface area contributed by atoms with Crippen molar-refractivity contribution in [1.82, 2.24) is 4.98 Å². The van der Waals surface area contributed by atoms with E-state index in [0.717, 1.165) is 48.6 Å². The molecule has 2 aromatic carbocycles. The lowest BCUT2D eigenvalue weighted by Crippen LogP contribution is -2.39. The smallest absolute Gasteiger partial charge is 0.250 e. The Morgan fingerprint density at radius 1 is 1.03 bits per heavy atom. The van der Waals surface area contributed by atoms with Gasteiger partial charge in [-0.15, -0.1) is 0 Å². The summed E-state index contributed by atoms with van der Waals surface area (Å²) >= 11 is 3.55. The summed E-state index contributed by atoms with van der Waals surface area (Å²) < 4.78 is 5.48. The predicted octanol–water partition coefficient (Wildman–Crippen LogP) is 5.42. The van der Waals surface area contributed by atoms with Crippen LogP contribution in [0.5, 0.6) is 0 Å². The summed E-state index contributed by atoms with van der Waals surface area (Å²) in [6.45, 7) is 7.27. The molecule has 2 atom stereocenters. The largest absolute Gasteiger partial charge is 0.381 e. The molecule has 1 fully saturated rings. The van der Waals surface area contributed by atoms with E-state index in [4.69, 9.17) is 10.5 Å². The van der Waals surface area contributed by atoms with E-state index in [0.29, 0.717) is 13.2 Å². The molecule has 4 N–H and O–H groups in total. The van der Waals surface area contributed by atoms with Gasteiger partial charge in [0.15, 0.2) is 0 Å². The summed E-state index contributed by atoms with van der Waals surface area (Å²) in [6, 6.07) is 17.1. The number of nitrogens with two attached hydrogens (primary N) is 1. The predicted molar refractivity (Wildman–Crippen MR) is 146 cm³/mol. The van der Waals surface area contributed by atoms with Crippen molar-refractivity contribution in [3.63, 3.8) is 0 Å². The zero-order chi connectivity index (χ0) is 24.4. The van der Waals surface area contributed by atoms with Crippen molar-refractivity contribution in [2.45, 2.75) is 58.4 Å². The second kappa shape index (κ2) is 10.7. The third-order valence-electron chi connectivity index (χ3n) is 6.63. The zero-order valence-corrected chi connectivity index (χ0v) is 21.8. The Morgan fingerprint density at radius 3 is 2.63 bits per heavy atom. The number of fused-ring (bicyclic) bond motifs is 2. The molecule has 0 radical (unpaired) electrons. The monoisotopic (exact) mass is 508 g/mol. The quantitative estimate of drug-likeness (QED) is 0.307. The van der Waals surface area contributed by atoms with Crippen LogP contribution in [0, 0.1) is 0 Å². The summed E-state index contributed by atoms with van der Waals surface area (Å²) in [5.74, 6) is 0. The van der Waals surface area contributed by atoms with Gasteiger partial charge in [-0.2, -0.15) is 0 Å². The number of anilines is 2. The molecule has 1 aromatic heterocycles. The van der Waals surface area contributed by atoms with Crippen molar-refractivity contribution in [3.8, 4) is 11.3 Å². The molecule has 2 aliphatic heterocycles. The molecule has 0 saturated carbocycles. The molecule has 3 heterocycles. The van der Waals surface area contributed by atoms with E-state index in [1.54, 1.807) is 29.6 Å². The maximum Gasteiger partial charge on any atom is 0.250 e. The molecule has 2 aliphatic rings. The second-order valence-corrected chi connectivity index (χ2v) is 11.1. The van der Waals surface area contributed by atoms with Crippen LogP contribution in [0.2, 0.25) is 0 Å². The maximum atomic E-state index is 12.6. The highest BCUT2D eigenvalue weighted by molar-refractivity contribution is 8.05. The van der Waals surface area contributed by atoms with Gasteiger partial charge in [-0.25, -0.2) is 0 Å². The Labute approximate surface area is 215 Å². The molecule has 0 aliphatic carbocycles. The highest BCUT2D eigenvalue weighted by Crippen LogP contribution is 2.52. The minimum Gasteiger partial charge on any atom is -0.381 e. The van der Waals surface area contributed by atoms with Gasteiger partial charge in [0.05, 0.1) is 18.9 Å². The number of nitrogens with zero attached hydrogens (tertiary/aromatic N) is 1. The van der Waals surface area contributed by atoms with Crippen LogP contribution in [-0.2, 0) is 4.74 Å². The van der Waals surface area contributed by atoms with Gasteiger partial charge >= 0.3 is 0 Å². The van der Waals surface area contributed by atoms with Gasteiger partial charge in [0.1, 0.15) is 0 Å². The second-order valence-electron chi connectivity index (χ2n) is 8.95. The molecule has 0 spiro atoms. The van der Waals surface area contributed by atoms with E-state index in [2.05, 4.69) is 71.5 Å². The van der Waals surface area contributed by atoms with E-state index in [-0.39, 0.29) is 17.6 Å². The first kappa shape index (κ1) is 24.3. The maximum absolute atomic E-state index is 12.6. The SMILES string of the molecule is CCC(Nc1ccc2c(c1)Sc1cccc(-c3cc(N4CCOCC4)cc(=O)[nH]3)c1S2)[C@@H](N)CC. The number of aromatic nitrogens is 1. The molecule has 3 aromatic rings. The van der Waals surface area contributed by atoms with E-state index in [1.807, 2.05) is 0 Å². The standard InChI is InChI=1S/C27H32N4O2S2/c1-3-20(28)21(4-2)29-17-8-9-23-25(14-17)34-24-7-5-6-19(27(24)35-23)22-15-18(16-26(32)30-22)31-10-12-33-13-11-31/h5-9,14-16,20-21,29H,3-4,10-13,28H2,1-2H3,(H,30,32)/t20-,21?/m0/s1. The number of H-pyrrole nitrogens is 1. The number of aromatic amines is 1. The Balaban J connectivity index is 1.44. The summed E-state index contributed by atoms with van der Waals surface area (Å²) in [6.07, 6.45) is 1.94. The zero-order valence-electron chi connectivity index (χ0n) is 20.2. The van der Waals surface area contributed by atoms with Gasteiger partial charge in [0.25, 0.3) is 0 Å². The molecular weight excluding hydrogens is 476 g/mol. The fraction of sp³-hybridized carbons (Fsp3) is 0.370. The number of nitrogens with one attached hydrogen (secondary N) is 2.